The number of ether oxygens (including phenoxy) is 7. The Morgan fingerprint density at radius 3 is 2.26 bits per heavy atom. The van der Waals surface area contributed by atoms with Gasteiger partial charge in [-0.25, -0.2) is 0 Å². The quantitative estimate of drug-likeness (QED) is 0.194. The van der Waals surface area contributed by atoms with Crippen molar-refractivity contribution in [1.82, 2.24) is 10.2 Å². The normalized spacial score (nSPS) is 17.1. The molecule has 0 aliphatic carbocycles. The van der Waals surface area contributed by atoms with Crippen LogP contribution in [0, 0.1) is 0 Å². The number of nitrogens with zero attached hydrogens (tertiary/aromatic N) is 1. The Labute approximate surface area is 294 Å². The number of nitrogens with one attached hydrogen (secondary N) is 1. The van der Waals surface area contributed by atoms with Crippen LogP contribution in [0.2, 0.25) is 0 Å². The lowest BCUT2D eigenvalue weighted by Gasteiger charge is -2.37. The molecule has 266 valence electrons. The van der Waals surface area contributed by atoms with Gasteiger partial charge in [-0.15, -0.1) is 0 Å². The molecule has 3 aliphatic rings. The summed E-state index contributed by atoms with van der Waals surface area (Å²) in [7, 11) is 10.7. The van der Waals surface area contributed by atoms with Crippen LogP contribution in [-0.4, -0.2) is 78.8 Å². The number of aliphatic hydroxyl groups excluding tert-OH is 1. The van der Waals surface area contributed by atoms with Crippen LogP contribution in [0.25, 0.3) is 0 Å². The molecule has 6 bridgehead atoms. The van der Waals surface area contributed by atoms with Gasteiger partial charge in [0.15, 0.2) is 34.5 Å². The summed E-state index contributed by atoms with van der Waals surface area (Å²) in [5, 5.41) is 13.1. The lowest BCUT2D eigenvalue weighted by atomic mass is 9.87. The first-order valence-corrected chi connectivity index (χ1v) is 17.1. The van der Waals surface area contributed by atoms with E-state index in [0.717, 1.165) is 59.3 Å². The maximum Gasteiger partial charge on any atom is 0.204 e. The van der Waals surface area contributed by atoms with Crippen LogP contribution in [0.15, 0.2) is 60.7 Å². The fourth-order valence-electron chi connectivity index (χ4n) is 7.01. The van der Waals surface area contributed by atoms with Crippen molar-refractivity contribution in [2.24, 2.45) is 0 Å². The molecule has 7 rings (SSSR count). The van der Waals surface area contributed by atoms with E-state index in [1.807, 2.05) is 49.5 Å². The van der Waals surface area contributed by atoms with E-state index in [1.165, 1.54) is 0 Å². The minimum atomic E-state index is -0.385. The largest absolute Gasteiger partial charge is 0.493 e. The van der Waals surface area contributed by atoms with E-state index < -0.39 is 0 Å². The zero-order valence-electron chi connectivity index (χ0n) is 29.8. The molecule has 4 aromatic carbocycles. The molecule has 0 spiro atoms. The van der Waals surface area contributed by atoms with Crippen molar-refractivity contribution in [2.75, 3.05) is 68.8 Å². The standard InChI is InChI=1S/C40H48N2O8/c1-41-15-13-27-22-34(45-4)36-24-30(27)33(48-18-17-43)20-25-7-10-29(11-8-25)49-35-21-26(9-12-32(35)44-3)19-31-38-28(14-16-42(31)2)23-37(46-5)39(47-6)40(38)50-36/h7-12,21-24,31,33,41,43H,13-20H2,1-6H3/t31-,33-/m0/s1. The second-order valence-corrected chi connectivity index (χ2v) is 12.6. The maximum atomic E-state index is 9.82. The number of hydrogen-bond acceptors (Lipinski definition) is 10. The van der Waals surface area contributed by atoms with Crippen molar-refractivity contribution in [3.63, 3.8) is 0 Å². The van der Waals surface area contributed by atoms with Gasteiger partial charge in [0.25, 0.3) is 0 Å². The van der Waals surface area contributed by atoms with E-state index in [-0.39, 0.29) is 25.4 Å². The van der Waals surface area contributed by atoms with E-state index in [4.69, 9.17) is 33.2 Å². The van der Waals surface area contributed by atoms with E-state index >= 15 is 0 Å². The van der Waals surface area contributed by atoms with Crippen molar-refractivity contribution < 1.29 is 38.3 Å². The molecule has 0 aromatic heterocycles. The lowest BCUT2D eigenvalue weighted by Crippen LogP contribution is -2.34. The lowest BCUT2D eigenvalue weighted by molar-refractivity contribution is 0.0274. The number of rotatable bonds is 10. The van der Waals surface area contributed by atoms with Crippen LogP contribution in [-0.2, 0) is 30.4 Å². The van der Waals surface area contributed by atoms with Crippen LogP contribution in [0.5, 0.6) is 46.0 Å². The topological polar surface area (TPSA) is 100 Å². The summed E-state index contributed by atoms with van der Waals surface area (Å²) >= 11 is 0. The first-order valence-electron chi connectivity index (χ1n) is 17.1. The molecule has 50 heavy (non-hydrogen) atoms. The molecular formula is C40H48N2O8. The highest BCUT2D eigenvalue weighted by atomic mass is 16.5. The second-order valence-electron chi connectivity index (χ2n) is 12.6. The Bertz CT molecular complexity index is 1780. The highest BCUT2D eigenvalue weighted by Gasteiger charge is 2.34. The molecule has 10 heteroatoms. The summed E-state index contributed by atoms with van der Waals surface area (Å²) in [6, 6.07) is 20.2. The third-order valence-electron chi connectivity index (χ3n) is 9.62. The highest BCUT2D eigenvalue weighted by Crippen LogP contribution is 2.51. The number of likely N-dealkylation sites (N-methyl/N-ethyl adjacent to an activating group) is 2. The molecule has 0 unspecified atom stereocenters. The predicted molar refractivity (Wildman–Crippen MR) is 192 cm³/mol. The summed E-state index contributed by atoms with van der Waals surface area (Å²) in [6.45, 7) is 1.69. The van der Waals surface area contributed by atoms with E-state index in [2.05, 4.69) is 35.5 Å². The minimum Gasteiger partial charge on any atom is -0.493 e. The molecule has 2 N–H and O–H groups in total. The van der Waals surface area contributed by atoms with Crippen molar-refractivity contribution >= 4 is 0 Å². The molecule has 3 heterocycles. The number of fused-ring (bicyclic) bond motifs is 3. The number of methoxy groups -OCH3 is 4. The fraction of sp³-hybridized carbons (Fsp3) is 0.400. The van der Waals surface area contributed by atoms with Gasteiger partial charge in [-0.3, -0.25) is 4.90 Å². The average Bonchev–Trinajstić information content (AvgIpc) is 3.13. The van der Waals surface area contributed by atoms with Crippen LogP contribution in [0.1, 0.15) is 45.5 Å². The van der Waals surface area contributed by atoms with E-state index in [1.54, 1.807) is 28.4 Å². The Kier molecular flexibility index (Phi) is 11.3. The molecule has 0 radical (unpaired) electrons. The van der Waals surface area contributed by atoms with Crippen LogP contribution in [0.4, 0.5) is 0 Å². The van der Waals surface area contributed by atoms with Gasteiger partial charge in [-0.05, 0) is 110 Å². The van der Waals surface area contributed by atoms with Gasteiger partial charge in [0.05, 0.1) is 47.8 Å². The van der Waals surface area contributed by atoms with Gasteiger partial charge in [-0.1, -0.05) is 18.2 Å². The first kappa shape index (κ1) is 35.3. The molecule has 4 aromatic rings. The number of hydrogen-bond donors (Lipinski definition) is 2. The predicted octanol–water partition coefficient (Wildman–Crippen LogP) is 6.45. The Hall–Kier alpha value is -4.48. The van der Waals surface area contributed by atoms with Gasteiger partial charge in [0.1, 0.15) is 5.75 Å². The van der Waals surface area contributed by atoms with Gasteiger partial charge in [0.2, 0.25) is 5.75 Å². The van der Waals surface area contributed by atoms with Gasteiger partial charge in [-0.2, -0.15) is 0 Å². The zero-order valence-corrected chi connectivity index (χ0v) is 29.8. The molecule has 10 nitrogen and oxygen atoms in total. The summed E-state index contributed by atoms with van der Waals surface area (Å²) < 4.78 is 43.5. The third kappa shape index (κ3) is 7.34. The molecule has 3 aliphatic heterocycles. The number of benzene rings is 4. The van der Waals surface area contributed by atoms with Crippen molar-refractivity contribution in [3.8, 4) is 46.0 Å². The Balaban J connectivity index is 1.61. The van der Waals surface area contributed by atoms with Crippen molar-refractivity contribution in [2.45, 2.75) is 37.8 Å². The van der Waals surface area contributed by atoms with Crippen molar-refractivity contribution in [3.05, 3.63) is 94.0 Å². The second kappa shape index (κ2) is 16.0. The molecular weight excluding hydrogens is 636 g/mol. The monoisotopic (exact) mass is 684 g/mol. The summed E-state index contributed by atoms with van der Waals surface area (Å²) in [4.78, 5) is 2.35. The smallest absolute Gasteiger partial charge is 0.204 e. The average molecular weight is 685 g/mol. The van der Waals surface area contributed by atoms with E-state index in [0.29, 0.717) is 58.8 Å². The van der Waals surface area contributed by atoms with Crippen LogP contribution in [0.3, 0.4) is 0 Å². The Morgan fingerprint density at radius 2 is 1.56 bits per heavy atom. The molecule has 0 fully saturated rings. The summed E-state index contributed by atoms with van der Waals surface area (Å²) in [5.41, 5.74) is 6.31. The first-order chi connectivity index (χ1) is 24.4. The third-order valence-corrected chi connectivity index (χ3v) is 9.62. The maximum absolute atomic E-state index is 9.82. The Morgan fingerprint density at radius 1 is 0.820 bits per heavy atom. The molecule has 0 amide bonds. The van der Waals surface area contributed by atoms with Gasteiger partial charge < -0.3 is 43.6 Å². The van der Waals surface area contributed by atoms with E-state index in [9.17, 15) is 5.11 Å². The molecule has 2 atom stereocenters. The van der Waals surface area contributed by atoms with Gasteiger partial charge in [0, 0.05) is 24.6 Å². The molecule has 0 saturated carbocycles. The summed E-state index contributed by atoms with van der Waals surface area (Å²) in [6.07, 6.45) is 2.40. The van der Waals surface area contributed by atoms with Crippen molar-refractivity contribution in [1.29, 1.82) is 0 Å². The van der Waals surface area contributed by atoms with Crippen LogP contribution >= 0.6 is 0 Å². The number of aliphatic hydroxyl groups is 1. The highest BCUT2D eigenvalue weighted by molar-refractivity contribution is 5.63. The molecule has 0 saturated heterocycles. The summed E-state index contributed by atoms with van der Waals surface area (Å²) in [5.74, 6) is 4.81. The minimum absolute atomic E-state index is 0.0611. The fourth-order valence-corrected chi connectivity index (χ4v) is 7.01. The van der Waals surface area contributed by atoms with Crippen LogP contribution < -0.4 is 33.7 Å². The van der Waals surface area contributed by atoms with Gasteiger partial charge >= 0.3 is 0 Å². The SMILES string of the molecule is CNCCc1cc(OC)c2cc1[C@@H](OCCO)Cc1ccc(cc1)Oc1cc(ccc1OC)C[C@H]1c3c(cc(OC)c(OC)c3O2)CCN1C. The zero-order chi connectivity index (χ0) is 35.2.